The fraction of sp³-hybridized carbons (Fsp3) is 0.731. The van der Waals surface area contributed by atoms with Crippen LogP contribution in [0.3, 0.4) is 0 Å². The molecule has 4 aliphatic rings. The second kappa shape index (κ2) is 8.05. The molecule has 34 heavy (non-hydrogen) atoms. The molecular weight excluding hydrogens is 446 g/mol. The molecule has 0 amide bonds. The van der Waals surface area contributed by atoms with Crippen molar-refractivity contribution in [3.63, 3.8) is 0 Å². The number of aliphatic hydroxyl groups excluding tert-OH is 2. The minimum Gasteiger partial charge on any atom is -0.450 e. The van der Waals surface area contributed by atoms with E-state index in [0.717, 1.165) is 6.08 Å². The number of esters is 1. The molecule has 0 aliphatic heterocycles. The Morgan fingerprint density at radius 2 is 1.94 bits per heavy atom. The number of ether oxygens (including phenoxy) is 1. The van der Waals surface area contributed by atoms with Crippen molar-refractivity contribution in [2.45, 2.75) is 83.6 Å². The maximum Gasteiger partial charge on any atom is 0.306 e. The van der Waals surface area contributed by atoms with E-state index >= 15 is 4.39 Å². The summed E-state index contributed by atoms with van der Waals surface area (Å²) in [7, 11) is 0. The quantitative estimate of drug-likeness (QED) is 0.584. The number of alkyl halides is 1. The second-order valence-corrected chi connectivity index (χ2v) is 11.0. The summed E-state index contributed by atoms with van der Waals surface area (Å²) in [5.41, 5.74) is -6.53. The molecule has 0 spiro atoms. The van der Waals surface area contributed by atoms with E-state index in [1.165, 1.54) is 13.0 Å². The van der Waals surface area contributed by atoms with Gasteiger partial charge in [0.1, 0.15) is 6.61 Å². The highest BCUT2D eigenvalue weighted by Crippen LogP contribution is 2.71. The Labute approximate surface area is 198 Å². The van der Waals surface area contributed by atoms with Gasteiger partial charge >= 0.3 is 5.97 Å². The largest absolute Gasteiger partial charge is 0.450 e. The first-order valence-electron chi connectivity index (χ1n) is 12.2. The second-order valence-electron chi connectivity index (χ2n) is 11.0. The Balaban J connectivity index is 1.85. The van der Waals surface area contributed by atoms with Gasteiger partial charge in [0.05, 0.1) is 6.10 Å². The molecule has 0 radical (unpaired) electrons. The van der Waals surface area contributed by atoms with Crippen molar-refractivity contribution in [1.82, 2.24) is 0 Å². The third-order valence-corrected chi connectivity index (χ3v) is 9.56. The summed E-state index contributed by atoms with van der Waals surface area (Å²) >= 11 is 0. The van der Waals surface area contributed by atoms with Gasteiger partial charge in [-0.2, -0.15) is 0 Å². The molecule has 0 aromatic heterocycles. The molecular formula is C26H34F2O6. The maximum absolute atomic E-state index is 17.2. The lowest BCUT2D eigenvalue weighted by Crippen LogP contribution is -2.70. The Bertz CT molecular complexity index is 990. The average Bonchev–Trinajstić information content (AvgIpc) is 2.99. The number of Topliss-reactive ketones (excluding diaryl/α,β-unsaturated/α-hetero) is 1. The number of carbonyl (C=O) groups excluding carboxylic acids is 3. The summed E-state index contributed by atoms with van der Waals surface area (Å²) in [6, 6.07) is 0. The van der Waals surface area contributed by atoms with E-state index in [-0.39, 0.29) is 31.3 Å². The fourth-order valence-corrected chi connectivity index (χ4v) is 8.03. The fourth-order valence-electron chi connectivity index (χ4n) is 8.03. The van der Waals surface area contributed by atoms with Crippen LogP contribution in [0.25, 0.3) is 0 Å². The van der Waals surface area contributed by atoms with Gasteiger partial charge in [0, 0.05) is 29.1 Å². The van der Waals surface area contributed by atoms with Crippen LogP contribution < -0.4 is 0 Å². The molecule has 3 fully saturated rings. The van der Waals surface area contributed by atoms with E-state index in [0.29, 0.717) is 12.8 Å². The minimum atomic E-state index is -2.27. The van der Waals surface area contributed by atoms with Gasteiger partial charge in [-0.1, -0.05) is 26.8 Å². The predicted molar refractivity (Wildman–Crippen MR) is 119 cm³/mol. The number of carbonyl (C=O) groups is 3. The Morgan fingerprint density at radius 3 is 2.56 bits per heavy atom. The van der Waals surface area contributed by atoms with Crippen LogP contribution in [0.5, 0.6) is 0 Å². The third kappa shape index (κ3) is 2.87. The van der Waals surface area contributed by atoms with Gasteiger partial charge < -0.3 is 14.9 Å². The Morgan fingerprint density at radius 1 is 1.26 bits per heavy atom. The van der Waals surface area contributed by atoms with Crippen molar-refractivity contribution in [2.75, 3.05) is 6.61 Å². The molecule has 8 heteroatoms. The van der Waals surface area contributed by atoms with E-state index in [2.05, 4.69) is 0 Å². The van der Waals surface area contributed by atoms with Gasteiger partial charge in [-0.15, -0.1) is 0 Å². The summed E-state index contributed by atoms with van der Waals surface area (Å²) in [5, 5.41) is 21.2. The SMILES string of the molecule is CCCC(=O)O[C@]1(C(=O)CO)[C@H](C)C[C@H]2[C@@H]3CCC4=C(F)C(=O)C=C[C@]4(C)[C@@]3(F)[C@@H](O)C[C@@]21C. The molecule has 4 rings (SSSR count). The molecule has 0 aromatic carbocycles. The highest BCUT2D eigenvalue weighted by molar-refractivity contribution is 6.04. The number of hydrogen-bond donors (Lipinski definition) is 2. The van der Waals surface area contributed by atoms with Gasteiger partial charge in [-0.05, 0) is 56.6 Å². The summed E-state index contributed by atoms with van der Waals surface area (Å²) < 4.78 is 37.9. The summed E-state index contributed by atoms with van der Waals surface area (Å²) in [4.78, 5) is 37.8. The first-order chi connectivity index (χ1) is 15.8. The summed E-state index contributed by atoms with van der Waals surface area (Å²) in [6.45, 7) is 5.99. The van der Waals surface area contributed by atoms with Crippen molar-refractivity contribution in [2.24, 2.45) is 28.6 Å². The molecule has 0 aromatic rings. The van der Waals surface area contributed by atoms with Crippen LogP contribution in [-0.2, 0) is 19.1 Å². The van der Waals surface area contributed by atoms with Crippen LogP contribution in [0.4, 0.5) is 8.78 Å². The van der Waals surface area contributed by atoms with E-state index in [1.807, 2.05) is 6.92 Å². The number of rotatable bonds is 5. The smallest absolute Gasteiger partial charge is 0.306 e. The zero-order valence-electron chi connectivity index (χ0n) is 20.2. The first-order valence-corrected chi connectivity index (χ1v) is 12.2. The van der Waals surface area contributed by atoms with Gasteiger partial charge in [0.2, 0.25) is 11.6 Å². The molecule has 0 heterocycles. The molecule has 188 valence electrons. The monoisotopic (exact) mass is 480 g/mol. The molecule has 4 aliphatic carbocycles. The van der Waals surface area contributed by atoms with Crippen molar-refractivity contribution in [3.8, 4) is 0 Å². The van der Waals surface area contributed by atoms with Crippen LogP contribution in [-0.4, -0.2) is 51.7 Å². The van der Waals surface area contributed by atoms with Crippen LogP contribution >= 0.6 is 0 Å². The van der Waals surface area contributed by atoms with Gasteiger partial charge in [-0.3, -0.25) is 14.4 Å². The normalized spacial score (nSPS) is 45.5. The van der Waals surface area contributed by atoms with Crippen molar-refractivity contribution in [1.29, 1.82) is 0 Å². The number of hydrogen-bond acceptors (Lipinski definition) is 6. The van der Waals surface area contributed by atoms with Crippen molar-refractivity contribution >= 4 is 17.5 Å². The predicted octanol–water partition coefficient (Wildman–Crippen LogP) is 3.54. The highest BCUT2D eigenvalue weighted by Gasteiger charge is 2.77. The Kier molecular flexibility index (Phi) is 5.96. The highest BCUT2D eigenvalue weighted by atomic mass is 19.1. The molecule has 0 saturated heterocycles. The lowest BCUT2D eigenvalue weighted by atomic mass is 9.44. The number of allylic oxidation sites excluding steroid dienone is 4. The number of aliphatic hydroxyl groups is 2. The summed E-state index contributed by atoms with van der Waals surface area (Å²) in [6.07, 6.45) is 1.90. The van der Waals surface area contributed by atoms with Crippen LogP contribution in [0, 0.1) is 28.6 Å². The minimum absolute atomic E-state index is 0.0690. The van der Waals surface area contributed by atoms with Crippen LogP contribution in [0.2, 0.25) is 0 Å². The lowest BCUT2D eigenvalue weighted by molar-refractivity contribution is -0.228. The number of fused-ring (bicyclic) bond motifs is 5. The number of halogens is 2. The molecule has 0 bridgehead atoms. The molecule has 8 atom stereocenters. The third-order valence-electron chi connectivity index (χ3n) is 9.56. The zero-order valence-corrected chi connectivity index (χ0v) is 20.2. The Hall–Kier alpha value is -1.93. The van der Waals surface area contributed by atoms with Crippen LogP contribution in [0.1, 0.15) is 66.2 Å². The molecule has 3 saturated carbocycles. The van der Waals surface area contributed by atoms with E-state index < -0.39 is 75.9 Å². The summed E-state index contributed by atoms with van der Waals surface area (Å²) in [5.74, 6) is -4.71. The molecule has 6 nitrogen and oxygen atoms in total. The van der Waals surface area contributed by atoms with E-state index in [9.17, 15) is 29.0 Å². The molecule has 0 unspecified atom stereocenters. The van der Waals surface area contributed by atoms with Gasteiger partial charge in [-0.25, -0.2) is 8.78 Å². The average molecular weight is 481 g/mol. The zero-order chi connectivity index (χ0) is 25.3. The van der Waals surface area contributed by atoms with E-state index in [4.69, 9.17) is 4.74 Å². The molecule has 2 N–H and O–H groups in total. The maximum atomic E-state index is 17.2. The van der Waals surface area contributed by atoms with Crippen LogP contribution in [0.15, 0.2) is 23.6 Å². The van der Waals surface area contributed by atoms with Gasteiger partial charge in [0.25, 0.3) is 0 Å². The van der Waals surface area contributed by atoms with E-state index in [1.54, 1.807) is 13.8 Å². The number of ketones is 2. The standard InChI is InChI=1S/C26H34F2O6/c1-5-6-21(33)34-26(20(32)13-29)14(2)11-17-15-7-8-16-22(27)18(30)9-10-23(16,3)25(15,28)19(31)12-24(17,26)4/h9-10,14-15,17,19,29,31H,5-8,11-13H2,1-4H3/t14-,15+,17+,19+,23+,24+,25+,26+/m1/s1. The topological polar surface area (TPSA) is 101 Å². The lowest BCUT2D eigenvalue weighted by Gasteiger charge is -2.62. The van der Waals surface area contributed by atoms with Crippen molar-refractivity contribution < 1.29 is 38.1 Å². The van der Waals surface area contributed by atoms with Gasteiger partial charge in [0.15, 0.2) is 17.1 Å². The van der Waals surface area contributed by atoms with Crippen molar-refractivity contribution in [3.05, 3.63) is 23.6 Å². The first kappa shape index (κ1) is 25.2.